The van der Waals surface area contributed by atoms with Gasteiger partial charge in [-0.15, -0.1) is 0 Å². The number of benzene rings is 1. The first-order valence-electron chi connectivity index (χ1n) is 7.89. The minimum Gasteiger partial charge on any atom is -0.491 e. The maximum atomic E-state index is 9.19. The molecule has 1 aliphatic rings. The molecule has 1 atom stereocenters. The molecule has 0 radical (unpaired) electrons. The molecule has 1 aliphatic heterocycles. The van der Waals surface area contributed by atoms with Crippen molar-refractivity contribution in [2.75, 3.05) is 33.5 Å². The Morgan fingerprint density at radius 3 is 2.71 bits per heavy atom. The van der Waals surface area contributed by atoms with Crippen LogP contribution in [0.2, 0.25) is 0 Å². The molecule has 1 saturated heterocycles. The standard InChI is InChI=1S/C17H27NO3/c1-20-12-13-21-17-7-5-15(6-8-17)14-18-10-3-2-4-16(18)9-11-19/h5-8,16,19H,2-4,9-14H2,1H3. The number of hydrogen-bond donors (Lipinski definition) is 1. The van der Waals surface area contributed by atoms with Gasteiger partial charge in [-0.3, -0.25) is 4.90 Å². The minimum absolute atomic E-state index is 0.285. The van der Waals surface area contributed by atoms with Gasteiger partial charge >= 0.3 is 0 Å². The number of ether oxygens (including phenoxy) is 2. The van der Waals surface area contributed by atoms with Crippen molar-refractivity contribution in [2.24, 2.45) is 0 Å². The Morgan fingerprint density at radius 2 is 2.00 bits per heavy atom. The highest BCUT2D eigenvalue weighted by molar-refractivity contribution is 5.27. The quantitative estimate of drug-likeness (QED) is 0.748. The average molecular weight is 293 g/mol. The molecule has 1 fully saturated rings. The molecule has 1 N–H and O–H groups in total. The lowest BCUT2D eigenvalue weighted by Crippen LogP contribution is -2.39. The van der Waals surface area contributed by atoms with Crippen molar-refractivity contribution in [1.82, 2.24) is 4.90 Å². The summed E-state index contributed by atoms with van der Waals surface area (Å²) in [6.45, 7) is 3.58. The predicted molar refractivity (Wildman–Crippen MR) is 83.6 cm³/mol. The van der Waals surface area contributed by atoms with E-state index in [0.717, 1.165) is 25.3 Å². The van der Waals surface area contributed by atoms with E-state index in [1.165, 1.54) is 24.8 Å². The largest absolute Gasteiger partial charge is 0.491 e. The molecule has 1 aromatic carbocycles. The Balaban J connectivity index is 1.86. The second-order valence-corrected chi connectivity index (χ2v) is 5.62. The number of likely N-dealkylation sites (tertiary alicyclic amines) is 1. The zero-order chi connectivity index (χ0) is 14.9. The molecule has 118 valence electrons. The highest BCUT2D eigenvalue weighted by atomic mass is 16.5. The topological polar surface area (TPSA) is 41.9 Å². The monoisotopic (exact) mass is 293 g/mol. The van der Waals surface area contributed by atoms with E-state index in [9.17, 15) is 5.11 Å². The number of hydrogen-bond acceptors (Lipinski definition) is 4. The summed E-state index contributed by atoms with van der Waals surface area (Å²) in [5.74, 6) is 0.890. The van der Waals surface area contributed by atoms with Gasteiger partial charge in [0.1, 0.15) is 12.4 Å². The lowest BCUT2D eigenvalue weighted by Gasteiger charge is -2.35. The van der Waals surface area contributed by atoms with E-state index in [-0.39, 0.29) is 6.61 Å². The van der Waals surface area contributed by atoms with Crippen LogP contribution in [0.1, 0.15) is 31.2 Å². The summed E-state index contributed by atoms with van der Waals surface area (Å²) in [7, 11) is 1.67. The number of methoxy groups -OCH3 is 1. The second kappa shape index (κ2) is 9.03. The van der Waals surface area contributed by atoms with Gasteiger partial charge in [-0.25, -0.2) is 0 Å². The molecule has 0 saturated carbocycles. The summed E-state index contributed by atoms with van der Waals surface area (Å²) < 4.78 is 10.5. The number of nitrogens with zero attached hydrogens (tertiary/aromatic N) is 1. The van der Waals surface area contributed by atoms with Gasteiger partial charge in [0, 0.05) is 26.3 Å². The molecule has 0 amide bonds. The normalized spacial score (nSPS) is 19.6. The van der Waals surface area contributed by atoms with Gasteiger partial charge in [0.25, 0.3) is 0 Å². The van der Waals surface area contributed by atoms with Gasteiger partial charge in [0.15, 0.2) is 0 Å². The Hall–Kier alpha value is -1.10. The summed E-state index contributed by atoms with van der Waals surface area (Å²) >= 11 is 0. The van der Waals surface area contributed by atoms with E-state index in [1.807, 2.05) is 12.1 Å². The SMILES string of the molecule is COCCOc1ccc(CN2CCCCC2CCO)cc1. The summed E-state index contributed by atoms with van der Waals surface area (Å²) in [6, 6.07) is 8.84. The van der Waals surface area contributed by atoms with Gasteiger partial charge in [-0.2, -0.15) is 0 Å². The van der Waals surface area contributed by atoms with Crippen molar-refractivity contribution in [1.29, 1.82) is 0 Å². The molecule has 0 aromatic heterocycles. The fourth-order valence-corrected chi connectivity index (χ4v) is 2.91. The number of piperidine rings is 1. The molecule has 4 nitrogen and oxygen atoms in total. The number of aliphatic hydroxyl groups is 1. The van der Waals surface area contributed by atoms with Crippen LogP contribution in [-0.2, 0) is 11.3 Å². The van der Waals surface area contributed by atoms with E-state index >= 15 is 0 Å². The smallest absolute Gasteiger partial charge is 0.119 e. The Kier molecular flexibility index (Phi) is 7.00. The highest BCUT2D eigenvalue weighted by Crippen LogP contribution is 2.22. The Morgan fingerprint density at radius 1 is 1.19 bits per heavy atom. The Labute approximate surface area is 127 Å². The second-order valence-electron chi connectivity index (χ2n) is 5.62. The summed E-state index contributed by atoms with van der Waals surface area (Å²) in [5.41, 5.74) is 1.30. The average Bonchev–Trinajstić information content (AvgIpc) is 2.51. The molecular formula is C17H27NO3. The van der Waals surface area contributed by atoms with Crippen LogP contribution in [0.25, 0.3) is 0 Å². The first kappa shape index (κ1) is 16.3. The molecule has 0 aliphatic carbocycles. The van der Waals surface area contributed by atoms with Crippen LogP contribution in [0.15, 0.2) is 24.3 Å². The van der Waals surface area contributed by atoms with Crippen molar-refractivity contribution in [3.8, 4) is 5.75 Å². The molecule has 0 spiro atoms. The molecule has 1 aromatic rings. The fraction of sp³-hybridized carbons (Fsp3) is 0.647. The van der Waals surface area contributed by atoms with E-state index in [0.29, 0.717) is 19.3 Å². The third-order valence-corrected chi connectivity index (χ3v) is 4.08. The van der Waals surface area contributed by atoms with Gasteiger partial charge in [0.05, 0.1) is 6.61 Å². The fourth-order valence-electron chi connectivity index (χ4n) is 2.91. The lowest BCUT2D eigenvalue weighted by molar-refractivity contribution is 0.112. The highest BCUT2D eigenvalue weighted by Gasteiger charge is 2.21. The van der Waals surface area contributed by atoms with Crippen molar-refractivity contribution in [3.05, 3.63) is 29.8 Å². The maximum Gasteiger partial charge on any atom is 0.119 e. The van der Waals surface area contributed by atoms with E-state index in [1.54, 1.807) is 7.11 Å². The van der Waals surface area contributed by atoms with Crippen LogP contribution >= 0.6 is 0 Å². The van der Waals surface area contributed by atoms with E-state index in [4.69, 9.17) is 9.47 Å². The van der Waals surface area contributed by atoms with Crippen molar-refractivity contribution < 1.29 is 14.6 Å². The van der Waals surface area contributed by atoms with Crippen LogP contribution in [-0.4, -0.2) is 49.5 Å². The van der Waals surface area contributed by atoms with Gasteiger partial charge < -0.3 is 14.6 Å². The third-order valence-electron chi connectivity index (χ3n) is 4.08. The van der Waals surface area contributed by atoms with Crippen molar-refractivity contribution in [2.45, 2.75) is 38.3 Å². The summed E-state index contributed by atoms with van der Waals surface area (Å²) in [6.07, 6.45) is 4.64. The number of aliphatic hydroxyl groups excluding tert-OH is 1. The van der Waals surface area contributed by atoms with Crippen LogP contribution in [0.5, 0.6) is 5.75 Å². The van der Waals surface area contributed by atoms with Gasteiger partial charge in [-0.05, 0) is 43.5 Å². The van der Waals surface area contributed by atoms with Crippen molar-refractivity contribution in [3.63, 3.8) is 0 Å². The van der Waals surface area contributed by atoms with Gasteiger partial charge in [0.2, 0.25) is 0 Å². The Bertz CT molecular complexity index is 392. The summed E-state index contributed by atoms with van der Waals surface area (Å²) in [4.78, 5) is 2.50. The minimum atomic E-state index is 0.285. The van der Waals surface area contributed by atoms with Crippen LogP contribution < -0.4 is 4.74 Å². The predicted octanol–water partition coefficient (Wildman–Crippen LogP) is 2.45. The molecule has 0 bridgehead atoms. The molecule has 1 heterocycles. The summed E-state index contributed by atoms with van der Waals surface area (Å²) in [5, 5.41) is 9.19. The van der Waals surface area contributed by atoms with Crippen LogP contribution in [0, 0.1) is 0 Å². The lowest BCUT2D eigenvalue weighted by atomic mass is 9.99. The van der Waals surface area contributed by atoms with Crippen molar-refractivity contribution >= 4 is 0 Å². The molecular weight excluding hydrogens is 266 g/mol. The number of rotatable bonds is 8. The van der Waals surface area contributed by atoms with E-state index < -0.39 is 0 Å². The van der Waals surface area contributed by atoms with Gasteiger partial charge in [-0.1, -0.05) is 18.6 Å². The first-order chi connectivity index (χ1) is 10.3. The zero-order valence-electron chi connectivity index (χ0n) is 13.0. The molecule has 2 rings (SSSR count). The zero-order valence-corrected chi connectivity index (χ0v) is 13.0. The molecule has 1 unspecified atom stereocenters. The third kappa shape index (κ3) is 5.30. The molecule has 21 heavy (non-hydrogen) atoms. The first-order valence-corrected chi connectivity index (χ1v) is 7.89. The van der Waals surface area contributed by atoms with Crippen LogP contribution in [0.3, 0.4) is 0 Å². The molecule has 4 heteroatoms. The van der Waals surface area contributed by atoms with Crippen LogP contribution in [0.4, 0.5) is 0 Å². The van der Waals surface area contributed by atoms with E-state index in [2.05, 4.69) is 17.0 Å². The maximum absolute atomic E-state index is 9.19.